The van der Waals surface area contributed by atoms with Crippen LogP contribution >= 0.6 is 0 Å². The average molecular weight is 222 g/mol. The molecule has 0 bridgehead atoms. The van der Waals surface area contributed by atoms with Gasteiger partial charge in [0, 0.05) is 0 Å². The summed E-state index contributed by atoms with van der Waals surface area (Å²) >= 11 is 0. The Bertz CT molecular complexity index is 334. The minimum Gasteiger partial charge on any atom is -0.494 e. The summed E-state index contributed by atoms with van der Waals surface area (Å²) in [6.45, 7) is 4.07. The zero-order valence-electron chi connectivity index (χ0n) is 9.77. The zero-order chi connectivity index (χ0) is 12.0. The fourth-order valence-corrected chi connectivity index (χ4v) is 1.35. The van der Waals surface area contributed by atoms with Crippen molar-refractivity contribution in [1.82, 2.24) is 0 Å². The van der Waals surface area contributed by atoms with Gasteiger partial charge in [0.1, 0.15) is 5.75 Å². The minimum atomic E-state index is -0.758. The average Bonchev–Trinajstić information content (AvgIpc) is 2.30. The van der Waals surface area contributed by atoms with Crippen molar-refractivity contribution in [2.45, 2.75) is 26.7 Å². The van der Waals surface area contributed by atoms with E-state index in [9.17, 15) is 4.79 Å². The minimum absolute atomic E-state index is 0.431. The van der Waals surface area contributed by atoms with Crippen molar-refractivity contribution in [3.63, 3.8) is 0 Å². The van der Waals surface area contributed by atoms with E-state index in [1.165, 1.54) is 0 Å². The largest absolute Gasteiger partial charge is 0.494 e. The van der Waals surface area contributed by atoms with Crippen molar-refractivity contribution < 1.29 is 14.6 Å². The number of carboxylic acids is 1. The van der Waals surface area contributed by atoms with Gasteiger partial charge in [0.15, 0.2) is 0 Å². The first-order valence-corrected chi connectivity index (χ1v) is 5.50. The summed E-state index contributed by atoms with van der Waals surface area (Å²) in [5, 5.41) is 9.07. The molecule has 3 heteroatoms. The van der Waals surface area contributed by atoms with Crippen LogP contribution in [0.1, 0.15) is 26.7 Å². The maximum Gasteiger partial charge on any atom is 0.309 e. The fourth-order valence-electron chi connectivity index (χ4n) is 1.35. The van der Waals surface area contributed by atoms with Crippen molar-refractivity contribution in [1.29, 1.82) is 0 Å². The van der Waals surface area contributed by atoms with Gasteiger partial charge in [-0.25, -0.2) is 0 Å². The van der Waals surface area contributed by atoms with Crippen LogP contribution in [0.3, 0.4) is 0 Å². The number of hydrogen-bond donors (Lipinski definition) is 1. The molecule has 1 atom stereocenters. The normalized spacial score (nSPS) is 14.1. The van der Waals surface area contributed by atoms with Crippen LogP contribution in [0.2, 0.25) is 0 Å². The van der Waals surface area contributed by atoms with Crippen LogP contribution in [0.4, 0.5) is 0 Å². The number of ether oxygens (including phenoxy) is 1. The fraction of sp³-hybridized carbons (Fsp3) is 0.462. The smallest absolute Gasteiger partial charge is 0.309 e. The summed E-state index contributed by atoms with van der Waals surface area (Å²) in [6.07, 6.45) is 1.13. The molecule has 0 saturated carbocycles. The van der Waals surface area contributed by atoms with E-state index in [0.29, 0.717) is 19.4 Å². The van der Waals surface area contributed by atoms with Crippen molar-refractivity contribution >= 4 is 5.97 Å². The number of rotatable bonds is 6. The molecule has 0 aliphatic carbocycles. The van der Waals surface area contributed by atoms with E-state index in [1.807, 2.05) is 37.3 Å². The molecular formula is C13H18O3. The van der Waals surface area contributed by atoms with Gasteiger partial charge in [-0.1, -0.05) is 25.1 Å². The van der Waals surface area contributed by atoms with E-state index in [4.69, 9.17) is 9.84 Å². The number of carboxylic acid groups (broad SMARTS) is 1. The summed E-state index contributed by atoms with van der Waals surface area (Å²) in [5.41, 5.74) is -0.686. The summed E-state index contributed by atoms with van der Waals surface area (Å²) in [6, 6.07) is 9.44. The molecule has 1 rings (SSSR count). The second-order valence-electron chi connectivity index (χ2n) is 4.13. The standard InChI is InChI=1S/C13H18O3/c1-3-13(2,12(14)15)9-10-16-11-7-5-4-6-8-11/h4-8H,3,9-10H2,1-2H3,(H,14,15). The van der Waals surface area contributed by atoms with Crippen LogP contribution in [0.5, 0.6) is 5.75 Å². The van der Waals surface area contributed by atoms with Crippen molar-refractivity contribution in [2.75, 3.05) is 6.61 Å². The van der Waals surface area contributed by atoms with Crippen molar-refractivity contribution in [3.8, 4) is 5.75 Å². The number of para-hydroxylation sites is 1. The lowest BCUT2D eigenvalue weighted by atomic mass is 9.84. The van der Waals surface area contributed by atoms with E-state index in [-0.39, 0.29) is 0 Å². The van der Waals surface area contributed by atoms with Crippen LogP contribution in [-0.2, 0) is 4.79 Å². The summed E-state index contributed by atoms with van der Waals surface area (Å²) < 4.78 is 5.49. The molecule has 1 aromatic rings. The highest BCUT2D eigenvalue weighted by Crippen LogP contribution is 2.26. The Labute approximate surface area is 96.1 Å². The van der Waals surface area contributed by atoms with Crippen LogP contribution in [0, 0.1) is 5.41 Å². The molecule has 0 aliphatic heterocycles. The molecule has 0 aliphatic rings. The van der Waals surface area contributed by atoms with Gasteiger partial charge in [-0.05, 0) is 31.9 Å². The second kappa shape index (κ2) is 5.54. The first kappa shape index (κ1) is 12.6. The molecule has 0 spiro atoms. The Kier molecular flexibility index (Phi) is 4.35. The van der Waals surface area contributed by atoms with Crippen LogP contribution in [0.25, 0.3) is 0 Å². The molecule has 1 unspecified atom stereocenters. The Morgan fingerprint density at radius 2 is 2.00 bits per heavy atom. The van der Waals surface area contributed by atoms with E-state index in [1.54, 1.807) is 6.92 Å². The third kappa shape index (κ3) is 3.26. The maximum atomic E-state index is 11.0. The molecule has 0 fully saturated rings. The number of hydrogen-bond acceptors (Lipinski definition) is 2. The van der Waals surface area contributed by atoms with Gasteiger partial charge in [0.25, 0.3) is 0 Å². The molecule has 16 heavy (non-hydrogen) atoms. The van der Waals surface area contributed by atoms with Crippen molar-refractivity contribution in [2.24, 2.45) is 5.41 Å². The molecule has 88 valence electrons. The summed E-state index contributed by atoms with van der Waals surface area (Å²) in [5.74, 6) is 0.0259. The van der Waals surface area contributed by atoms with Gasteiger partial charge in [0.05, 0.1) is 12.0 Å². The zero-order valence-corrected chi connectivity index (χ0v) is 9.77. The lowest BCUT2D eigenvalue weighted by molar-refractivity contribution is -0.148. The third-order valence-electron chi connectivity index (χ3n) is 2.96. The Hall–Kier alpha value is -1.51. The molecule has 0 aromatic heterocycles. The van der Waals surface area contributed by atoms with E-state index in [0.717, 1.165) is 5.75 Å². The molecule has 1 aromatic carbocycles. The third-order valence-corrected chi connectivity index (χ3v) is 2.96. The molecule has 0 heterocycles. The van der Waals surface area contributed by atoms with E-state index < -0.39 is 11.4 Å². The van der Waals surface area contributed by atoms with Gasteiger partial charge in [-0.15, -0.1) is 0 Å². The lowest BCUT2D eigenvalue weighted by Crippen LogP contribution is -2.28. The number of benzene rings is 1. The molecule has 0 saturated heterocycles. The molecule has 0 amide bonds. The SMILES string of the molecule is CCC(C)(CCOc1ccccc1)C(=O)O. The first-order valence-electron chi connectivity index (χ1n) is 5.50. The Morgan fingerprint density at radius 3 is 2.50 bits per heavy atom. The topological polar surface area (TPSA) is 46.5 Å². The molecular weight excluding hydrogens is 204 g/mol. The predicted octanol–water partition coefficient (Wildman–Crippen LogP) is 2.96. The van der Waals surface area contributed by atoms with Gasteiger partial charge in [-0.2, -0.15) is 0 Å². The quantitative estimate of drug-likeness (QED) is 0.804. The monoisotopic (exact) mass is 222 g/mol. The van der Waals surface area contributed by atoms with Crippen molar-refractivity contribution in [3.05, 3.63) is 30.3 Å². The summed E-state index contributed by atoms with van der Waals surface area (Å²) in [4.78, 5) is 11.0. The maximum absolute atomic E-state index is 11.0. The Balaban J connectivity index is 2.43. The number of carbonyl (C=O) groups is 1. The summed E-state index contributed by atoms with van der Waals surface area (Å²) in [7, 11) is 0. The second-order valence-corrected chi connectivity index (χ2v) is 4.13. The van der Waals surface area contributed by atoms with Gasteiger partial charge in [0.2, 0.25) is 0 Å². The molecule has 0 radical (unpaired) electrons. The van der Waals surface area contributed by atoms with Crippen LogP contribution < -0.4 is 4.74 Å². The van der Waals surface area contributed by atoms with Crippen LogP contribution in [0.15, 0.2) is 30.3 Å². The molecule has 1 N–H and O–H groups in total. The van der Waals surface area contributed by atoms with Gasteiger partial charge in [-0.3, -0.25) is 4.79 Å². The number of aliphatic carboxylic acids is 1. The predicted molar refractivity (Wildman–Crippen MR) is 62.6 cm³/mol. The van der Waals surface area contributed by atoms with Gasteiger partial charge < -0.3 is 9.84 Å². The Morgan fingerprint density at radius 1 is 1.38 bits per heavy atom. The lowest BCUT2D eigenvalue weighted by Gasteiger charge is -2.22. The van der Waals surface area contributed by atoms with Crippen LogP contribution in [-0.4, -0.2) is 17.7 Å². The molecule has 3 nitrogen and oxygen atoms in total. The first-order chi connectivity index (χ1) is 7.58. The highest BCUT2D eigenvalue weighted by atomic mass is 16.5. The highest BCUT2D eigenvalue weighted by Gasteiger charge is 2.30. The van der Waals surface area contributed by atoms with E-state index in [2.05, 4.69) is 0 Å². The van der Waals surface area contributed by atoms with E-state index >= 15 is 0 Å². The highest BCUT2D eigenvalue weighted by molar-refractivity contribution is 5.73. The van der Waals surface area contributed by atoms with Gasteiger partial charge >= 0.3 is 5.97 Å².